The number of aliphatic hydroxyl groups excluding tert-OH is 1. The van der Waals surface area contributed by atoms with Crippen molar-refractivity contribution in [3.05, 3.63) is 77.9 Å². The summed E-state index contributed by atoms with van der Waals surface area (Å²) in [6.07, 6.45) is 2.70. The summed E-state index contributed by atoms with van der Waals surface area (Å²) >= 11 is 0. The Morgan fingerprint density at radius 3 is 2.07 bits per heavy atom. The van der Waals surface area contributed by atoms with Gasteiger partial charge in [0, 0.05) is 30.4 Å². The Kier molecular flexibility index (Phi) is 5.40. The smallest absolute Gasteiger partial charge is 0.199 e. The molecule has 4 rings (SSSR count). The molecule has 0 saturated carbocycles. The molecule has 30 heavy (non-hydrogen) atoms. The van der Waals surface area contributed by atoms with E-state index in [0.717, 1.165) is 16.9 Å². The first-order chi connectivity index (χ1) is 14.3. The summed E-state index contributed by atoms with van der Waals surface area (Å²) in [5.74, 6) is 1.27. The minimum atomic E-state index is -0.779. The molecule has 1 atom stereocenters. The van der Waals surface area contributed by atoms with Gasteiger partial charge in [0.1, 0.15) is 23.4 Å². The lowest BCUT2D eigenvalue weighted by atomic mass is 9.81. The summed E-state index contributed by atoms with van der Waals surface area (Å²) in [4.78, 5) is 4.21. The van der Waals surface area contributed by atoms with Crippen molar-refractivity contribution in [3.8, 4) is 11.5 Å². The molecule has 1 aliphatic rings. The molecule has 6 heteroatoms. The van der Waals surface area contributed by atoms with Crippen molar-refractivity contribution >= 4 is 0 Å². The number of imidazole rings is 1. The minimum Gasteiger partial charge on any atom is -0.457 e. The van der Waals surface area contributed by atoms with Gasteiger partial charge in [0.05, 0.1) is 13.2 Å². The van der Waals surface area contributed by atoms with E-state index in [2.05, 4.69) is 25.8 Å². The molecule has 158 valence electrons. The number of rotatable bonds is 5. The second-order valence-electron chi connectivity index (χ2n) is 8.56. The van der Waals surface area contributed by atoms with E-state index < -0.39 is 11.9 Å². The number of aryl methyl sites for hydroxylation is 1. The molecule has 1 aliphatic heterocycles. The van der Waals surface area contributed by atoms with E-state index in [0.29, 0.717) is 24.8 Å². The molecule has 0 amide bonds. The number of hydrogen-bond acceptors (Lipinski definition) is 5. The third-order valence-corrected chi connectivity index (χ3v) is 5.45. The van der Waals surface area contributed by atoms with Crippen LogP contribution in [0, 0.1) is 5.41 Å². The van der Waals surface area contributed by atoms with Gasteiger partial charge >= 0.3 is 0 Å². The fourth-order valence-electron chi connectivity index (χ4n) is 3.83. The first-order valence-corrected chi connectivity index (χ1v) is 10.1. The molecule has 3 aromatic rings. The maximum absolute atomic E-state index is 10.5. The van der Waals surface area contributed by atoms with E-state index >= 15 is 0 Å². The van der Waals surface area contributed by atoms with Crippen LogP contribution in [-0.2, 0) is 22.3 Å². The Morgan fingerprint density at radius 1 is 1.00 bits per heavy atom. The average Bonchev–Trinajstić information content (AvgIpc) is 3.38. The van der Waals surface area contributed by atoms with Gasteiger partial charge in [-0.15, -0.1) is 0 Å². The van der Waals surface area contributed by atoms with E-state index in [9.17, 15) is 5.11 Å². The highest BCUT2D eigenvalue weighted by Gasteiger charge is 2.48. The summed E-state index contributed by atoms with van der Waals surface area (Å²) in [5, 5.41) is 10.5. The van der Waals surface area contributed by atoms with Gasteiger partial charge in [-0.25, -0.2) is 4.98 Å². The van der Waals surface area contributed by atoms with Crippen LogP contribution in [0.4, 0.5) is 0 Å². The van der Waals surface area contributed by atoms with Crippen molar-refractivity contribution in [2.45, 2.75) is 32.7 Å². The number of ether oxygens (including phenoxy) is 3. The highest BCUT2D eigenvalue weighted by molar-refractivity contribution is 5.37. The zero-order chi connectivity index (χ0) is 21.4. The molecular weight excluding hydrogens is 380 g/mol. The topological polar surface area (TPSA) is 65.7 Å². The fraction of sp³-hybridized carbons (Fsp3) is 0.375. The molecule has 0 unspecified atom stereocenters. The van der Waals surface area contributed by atoms with Crippen molar-refractivity contribution < 1.29 is 19.3 Å². The van der Waals surface area contributed by atoms with Crippen molar-refractivity contribution in [3.63, 3.8) is 0 Å². The fourth-order valence-corrected chi connectivity index (χ4v) is 3.83. The average molecular weight is 408 g/mol. The Bertz CT molecular complexity index is 981. The molecule has 1 aromatic heterocycles. The molecule has 0 spiro atoms. The van der Waals surface area contributed by atoms with Crippen LogP contribution in [0.3, 0.4) is 0 Å². The van der Waals surface area contributed by atoms with E-state index in [1.165, 1.54) is 0 Å². The second-order valence-corrected chi connectivity index (χ2v) is 8.56. The van der Waals surface area contributed by atoms with E-state index in [1.807, 2.05) is 61.8 Å². The lowest BCUT2D eigenvalue weighted by Gasteiger charge is -2.39. The maximum atomic E-state index is 10.5. The quantitative estimate of drug-likeness (QED) is 0.671. The predicted molar refractivity (Wildman–Crippen MR) is 113 cm³/mol. The van der Waals surface area contributed by atoms with Crippen molar-refractivity contribution in [1.29, 1.82) is 0 Å². The minimum absolute atomic E-state index is 0.199. The molecule has 6 nitrogen and oxygen atoms in total. The van der Waals surface area contributed by atoms with Crippen LogP contribution in [0.1, 0.15) is 43.8 Å². The Labute approximate surface area is 177 Å². The second kappa shape index (κ2) is 7.87. The first-order valence-electron chi connectivity index (χ1n) is 10.1. The molecular formula is C24H28N2O4. The van der Waals surface area contributed by atoms with Crippen LogP contribution in [0.5, 0.6) is 11.5 Å². The van der Waals surface area contributed by atoms with Crippen molar-refractivity contribution in [1.82, 2.24) is 9.55 Å². The summed E-state index contributed by atoms with van der Waals surface area (Å²) in [6.45, 7) is 7.52. The van der Waals surface area contributed by atoms with Gasteiger partial charge in [-0.2, -0.15) is 0 Å². The maximum Gasteiger partial charge on any atom is 0.199 e. The summed E-state index contributed by atoms with van der Waals surface area (Å²) in [5.41, 5.74) is 1.54. The third-order valence-electron chi connectivity index (χ3n) is 5.45. The number of hydrogen-bond donors (Lipinski definition) is 1. The van der Waals surface area contributed by atoms with Crippen LogP contribution in [0.25, 0.3) is 0 Å². The first kappa shape index (κ1) is 20.6. The van der Waals surface area contributed by atoms with E-state index in [-0.39, 0.29) is 5.41 Å². The third kappa shape index (κ3) is 3.74. The molecule has 0 bridgehead atoms. The van der Waals surface area contributed by atoms with Crippen molar-refractivity contribution in [2.75, 3.05) is 13.2 Å². The largest absolute Gasteiger partial charge is 0.457 e. The lowest BCUT2D eigenvalue weighted by molar-refractivity contribution is -0.232. The van der Waals surface area contributed by atoms with Gasteiger partial charge in [0.15, 0.2) is 5.79 Å². The zero-order valence-electron chi connectivity index (χ0n) is 17.8. The summed E-state index contributed by atoms with van der Waals surface area (Å²) in [6, 6.07) is 15.2. The number of benzene rings is 2. The van der Waals surface area contributed by atoms with Gasteiger partial charge in [0.25, 0.3) is 0 Å². The molecule has 1 saturated heterocycles. The van der Waals surface area contributed by atoms with Crippen LogP contribution >= 0.6 is 0 Å². The molecule has 2 aromatic carbocycles. The molecule has 2 heterocycles. The zero-order valence-corrected chi connectivity index (χ0v) is 17.8. The lowest BCUT2D eigenvalue weighted by Crippen LogP contribution is -2.41. The van der Waals surface area contributed by atoms with E-state index in [1.54, 1.807) is 10.8 Å². The van der Waals surface area contributed by atoms with Gasteiger partial charge in [-0.05, 0) is 42.0 Å². The van der Waals surface area contributed by atoms with Crippen LogP contribution < -0.4 is 4.74 Å². The predicted octanol–water partition coefficient (Wildman–Crippen LogP) is 4.54. The van der Waals surface area contributed by atoms with E-state index in [4.69, 9.17) is 14.2 Å². The molecule has 0 aliphatic carbocycles. The highest BCUT2D eigenvalue weighted by atomic mass is 16.7. The SMILES string of the molecule is Cn1ccnc1[C@@H](O)c1ccc(Oc2ccc(C3(C(C)(C)C)OCCO3)cc2)cc1. The van der Waals surface area contributed by atoms with Gasteiger partial charge < -0.3 is 23.9 Å². The van der Waals surface area contributed by atoms with Gasteiger partial charge in [-0.1, -0.05) is 32.9 Å². The van der Waals surface area contributed by atoms with Gasteiger partial charge in [-0.3, -0.25) is 0 Å². The Morgan fingerprint density at radius 2 is 1.57 bits per heavy atom. The number of aromatic nitrogens is 2. The number of aliphatic hydroxyl groups is 1. The highest BCUT2D eigenvalue weighted by Crippen LogP contribution is 2.46. The molecule has 1 fully saturated rings. The molecule has 0 radical (unpaired) electrons. The number of nitrogens with zero attached hydrogens (tertiary/aromatic N) is 2. The Hall–Kier alpha value is -2.67. The van der Waals surface area contributed by atoms with Gasteiger partial charge in [0.2, 0.25) is 0 Å². The van der Waals surface area contributed by atoms with Crippen LogP contribution in [0.15, 0.2) is 60.9 Å². The van der Waals surface area contributed by atoms with Crippen LogP contribution in [-0.4, -0.2) is 27.9 Å². The van der Waals surface area contributed by atoms with Crippen LogP contribution in [0.2, 0.25) is 0 Å². The monoisotopic (exact) mass is 408 g/mol. The van der Waals surface area contributed by atoms with Crippen molar-refractivity contribution in [2.24, 2.45) is 12.5 Å². The normalized spacial score (nSPS) is 17.1. The summed E-state index contributed by atoms with van der Waals surface area (Å²) in [7, 11) is 1.86. The summed E-state index contributed by atoms with van der Waals surface area (Å²) < 4.78 is 19.8. The standard InChI is InChI=1S/C24H28N2O4/c1-23(2,3)24(28-15-16-29-24)18-7-11-20(12-8-18)30-19-9-5-17(6-10-19)21(27)22-25-13-14-26(22)4/h5-14,21,27H,15-16H2,1-4H3/t21-/m0/s1. The molecule has 1 N–H and O–H groups in total. The Balaban J connectivity index is 1.48.